The highest BCUT2D eigenvalue weighted by Gasteiger charge is 2.11. The molecule has 0 saturated carbocycles. The number of hydrogen-bond donors (Lipinski definition) is 5. The monoisotopic (exact) mass is 521 g/mol. The van der Waals surface area contributed by atoms with Gasteiger partial charge in [0.2, 0.25) is 0 Å². The Kier molecular flexibility index (Phi) is 8.44. The fraction of sp³-hybridized carbons (Fsp3) is 0.250. The summed E-state index contributed by atoms with van der Waals surface area (Å²) in [4.78, 5) is 8.15. The van der Waals surface area contributed by atoms with E-state index in [9.17, 15) is 0 Å². The molecule has 0 aliphatic rings. The normalized spacial score (nSPS) is 11.4. The van der Waals surface area contributed by atoms with Crippen molar-refractivity contribution in [2.45, 2.75) is 0 Å². The first kappa shape index (κ1) is 26.7. The SMILES string of the molecule is NCCN(CCN)c1cccc(-c2ccc3c(c2)[nH]c2cc(-c4cccc(N(CCN)CCN)c4)ccc23)c1. The van der Waals surface area contributed by atoms with Crippen LogP contribution in [0.5, 0.6) is 0 Å². The van der Waals surface area contributed by atoms with Gasteiger partial charge in [-0.1, -0.05) is 48.5 Å². The number of anilines is 2. The third-order valence-electron chi connectivity index (χ3n) is 7.28. The van der Waals surface area contributed by atoms with Gasteiger partial charge >= 0.3 is 0 Å². The van der Waals surface area contributed by atoms with Crippen molar-refractivity contribution in [3.63, 3.8) is 0 Å². The van der Waals surface area contributed by atoms with Gasteiger partial charge in [0.15, 0.2) is 0 Å². The Morgan fingerprint density at radius 2 is 0.846 bits per heavy atom. The van der Waals surface area contributed by atoms with Crippen LogP contribution < -0.4 is 32.7 Å². The average Bonchev–Trinajstić information content (AvgIpc) is 3.34. The summed E-state index contributed by atoms with van der Waals surface area (Å²) in [6, 6.07) is 30.5. The number of nitrogens with two attached hydrogens (primary N) is 4. The second-order valence-corrected chi connectivity index (χ2v) is 9.88. The molecule has 0 aliphatic heterocycles. The fourth-order valence-corrected chi connectivity index (χ4v) is 5.40. The number of nitrogens with zero attached hydrogens (tertiary/aromatic N) is 2. The lowest BCUT2D eigenvalue weighted by atomic mass is 10.0. The van der Waals surface area contributed by atoms with Crippen LogP contribution in [0.3, 0.4) is 0 Å². The van der Waals surface area contributed by atoms with Crippen LogP contribution in [0, 0.1) is 0 Å². The van der Waals surface area contributed by atoms with Crippen LogP contribution in [0.2, 0.25) is 0 Å². The molecular weight excluding hydrogens is 482 g/mol. The van der Waals surface area contributed by atoms with Gasteiger partial charge in [0, 0.05) is 85.5 Å². The van der Waals surface area contributed by atoms with Crippen LogP contribution in [0.25, 0.3) is 44.1 Å². The molecule has 5 rings (SSSR count). The summed E-state index contributed by atoms with van der Waals surface area (Å²) in [5.74, 6) is 0. The summed E-state index contributed by atoms with van der Waals surface area (Å²) in [5, 5.41) is 2.44. The average molecular weight is 522 g/mol. The van der Waals surface area contributed by atoms with Crippen molar-refractivity contribution < 1.29 is 0 Å². The Hall–Kier alpha value is -3.88. The number of H-pyrrole nitrogens is 1. The summed E-state index contributed by atoms with van der Waals surface area (Å²) >= 11 is 0. The predicted molar refractivity (Wildman–Crippen MR) is 167 cm³/mol. The van der Waals surface area contributed by atoms with Crippen LogP contribution >= 0.6 is 0 Å². The molecule has 1 heterocycles. The lowest BCUT2D eigenvalue weighted by Crippen LogP contribution is -2.33. The van der Waals surface area contributed by atoms with Crippen LogP contribution in [-0.4, -0.2) is 57.3 Å². The van der Waals surface area contributed by atoms with E-state index in [0.29, 0.717) is 26.2 Å². The zero-order chi connectivity index (χ0) is 27.2. The number of hydrogen-bond acceptors (Lipinski definition) is 6. The minimum absolute atomic E-state index is 0.594. The molecule has 7 heteroatoms. The zero-order valence-electron chi connectivity index (χ0n) is 22.4. The number of benzene rings is 4. The van der Waals surface area contributed by atoms with Crippen molar-refractivity contribution >= 4 is 33.2 Å². The molecule has 7 nitrogen and oxygen atoms in total. The largest absolute Gasteiger partial charge is 0.369 e. The molecule has 0 aliphatic carbocycles. The molecule has 0 saturated heterocycles. The molecule has 0 atom stereocenters. The Bertz CT molecular complexity index is 1410. The smallest absolute Gasteiger partial charge is 0.0471 e. The summed E-state index contributed by atoms with van der Waals surface area (Å²) < 4.78 is 0. The lowest BCUT2D eigenvalue weighted by Gasteiger charge is -2.24. The van der Waals surface area contributed by atoms with Gasteiger partial charge in [-0.05, 0) is 58.7 Å². The van der Waals surface area contributed by atoms with E-state index in [4.69, 9.17) is 22.9 Å². The molecule has 0 radical (unpaired) electrons. The maximum Gasteiger partial charge on any atom is 0.0471 e. The fourth-order valence-electron chi connectivity index (χ4n) is 5.40. The topological polar surface area (TPSA) is 126 Å². The Labute approximate surface area is 230 Å². The van der Waals surface area contributed by atoms with Crippen LogP contribution in [0.4, 0.5) is 11.4 Å². The second kappa shape index (κ2) is 12.3. The van der Waals surface area contributed by atoms with Gasteiger partial charge < -0.3 is 37.7 Å². The van der Waals surface area contributed by atoms with Gasteiger partial charge in [0.1, 0.15) is 0 Å². The molecule has 9 N–H and O–H groups in total. The number of rotatable bonds is 12. The minimum atomic E-state index is 0.594. The Balaban J connectivity index is 1.48. The molecule has 202 valence electrons. The van der Waals surface area contributed by atoms with Crippen LogP contribution in [-0.2, 0) is 0 Å². The molecular formula is C32H39N7. The molecule has 0 spiro atoms. The van der Waals surface area contributed by atoms with E-state index in [-0.39, 0.29) is 0 Å². The van der Waals surface area contributed by atoms with Crippen molar-refractivity contribution in [3.05, 3.63) is 84.9 Å². The highest BCUT2D eigenvalue weighted by molar-refractivity contribution is 6.09. The molecule has 0 fully saturated rings. The first-order valence-corrected chi connectivity index (χ1v) is 13.7. The molecule has 4 aromatic carbocycles. The van der Waals surface area contributed by atoms with E-state index < -0.39 is 0 Å². The van der Waals surface area contributed by atoms with E-state index in [1.165, 1.54) is 33.0 Å². The number of aromatic nitrogens is 1. The standard InChI is InChI=1S/C32H39N7/c33-11-15-38(16-12-34)27-5-1-3-23(19-27)25-7-9-29-30-10-8-26(22-32(30)37-31(29)21-25)24-4-2-6-28(20-24)39(17-13-35)18-14-36/h1-10,19-22,37H,11-18,33-36H2. The van der Waals surface area contributed by atoms with Gasteiger partial charge in [0.25, 0.3) is 0 Å². The van der Waals surface area contributed by atoms with E-state index in [1.807, 2.05) is 0 Å². The number of nitrogens with one attached hydrogen (secondary N) is 1. The van der Waals surface area contributed by atoms with Gasteiger partial charge in [-0.15, -0.1) is 0 Å². The lowest BCUT2D eigenvalue weighted by molar-refractivity contribution is 0.782. The first-order chi connectivity index (χ1) is 19.1. The van der Waals surface area contributed by atoms with Crippen molar-refractivity contribution in [2.75, 3.05) is 62.2 Å². The third kappa shape index (κ3) is 5.77. The number of aromatic amines is 1. The van der Waals surface area contributed by atoms with Crippen LogP contribution in [0.15, 0.2) is 84.9 Å². The minimum Gasteiger partial charge on any atom is -0.369 e. The molecule has 0 amide bonds. The van der Waals surface area contributed by atoms with Gasteiger partial charge in [-0.2, -0.15) is 0 Å². The summed E-state index contributed by atoms with van der Waals surface area (Å²) in [6.07, 6.45) is 0. The second-order valence-electron chi connectivity index (χ2n) is 9.88. The maximum absolute atomic E-state index is 5.84. The van der Waals surface area contributed by atoms with Gasteiger partial charge in [-0.3, -0.25) is 0 Å². The van der Waals surface area contributed by atoms with E-state index in [0.717, 1.165) is 48.6 Å². The molecule has 0 unspecified atom stereocenters. The van der Waals surface area contributed by atoms with E-state index >= 15 is 0 Å². The molecule has 5 aromatic rings. The van der Waals surface area contributed by atoms with Gasteiger partial charge in [0.05, 0.1) is 0 Å². The molecule has 0 bridgehead atoms. The molecule has 39 heavy (non-hydrogen) atoms. The molecule has 1 aromatic heterocycles. The summed E-state index contributed by atoms with van der Waals surface area (Å²) in [7, 11) is 0. The maximum atomic E-state index is 5.84. The van der Waals surface area contributed by atoms with Crippen molar-refractivity contribution in [1.29, 1.82) is 0 Å². The van der Waals surface area contributed by atoms with E-state index in [2.05, 4.69) is 99.7 Å². The third-order valence-corrected chi connectivity index (χ3v) is 7.28. The first-order valence-electron chi connectivity index (χ1n) is 13.7. The van der Waals surface area contributed by atoms with E-state index in [1.54, 1.807) is 0 Å². The van der Waals surface area contributed by atoms with Gasteiger partial charge in [-0.25, -0.2) is 0 Å². The van der Waals surface area contributed by atoms with Crippen LogP contribution in [0.1, 0.15) is 0 Å². The Morgan fingerprint density at radius 3 is 1.23 bits per heavy atom. The summed E-state index contributed by atoms with van der Waals surface area (Å²) in [6.45, 7) is 5.51. The Morgan fingerprint density at radius 1 is 0.462 bits per heavy atom. The van der Waals surface area contributed by atoms with Crippen molar-refractivity contribution in [2.24, 2.45) is 22.9 Å². The summed E-state index contributed by atoms with van der Waals surface area (Å²) in [5.41, 5.74) is 32.6. The zero-order valence-corrected chi connectivity index (χ0v) is 22.4. The number of fused-ring (bicyclic) bond motifs is 3. The predicted octanol–water partition coefficient (Wildman–Crippen LogP) is 4.10. The quantitative estimate of drug-likeness (QED) is 0.168. The highest BCUT2D eigenvalue weighted by atomic mass is 15.1. The van der Waals surface area contributed by atoms with Crippen molar-refractivity contribution in [3.8, 4) is 22.3 Å². The van der Waals surface area contributed by atoms with Crippen molar-refractivity contribution in [1.82, 2.24) is 4.98 Å². The highest BCUT2D eigenvalue weighted by Crippen LogP contribution is 2.34.